The van der Waals surface area contributed by atoms with Gasteiger partial charge in [0.15, 0.2) is 18.1 Å². The van der Waals surface area contributed by atoms with Crippen molar-refractivity contribution in [3.8, 4) is 0 Å². The van der Waals surface area contributed by atoms with E-state index in [9.17, 15) is 19.2 Å². The molecule has 170 valence electrons. The zero-order chi connectivity index (χ0) is 23.2. The molecule has 3 N–H and O–H groups in total. The van der Waals surface area contributed by atoms with Crippen LogP contribution in [0.5, 0.6) is 0 Å². The number of rotatable bonds is 6. The van der Waals surface area contributed by atoms with E-state index in [-0.39, 0.29) is 24.0 Å². The monoisotopic (exact) mass is 461 g/mol. The Morgan fingerprint density at radius 2 is 1.94 bits per heavy atom. The Bertz CT molecular complexity index is 1110. The zero-order valence-corrected chi connectivity index (χ0v) is 18.5. The van der Waals surface area contributed by atoms with Crippen LogP contribution in [0, 0.1) is 6.92 Å². The summed E-state index contributed by atoms with van der Waals surface area (Å²) < 4.78 is 14.2. The first-order chi connectivity index (χ1) is 15.1. The molecule has 0 radical (unpaired) electrons. The van der Waals surface area contributed by atoms with Crippen LogP contribution >= 0.6 is 11.8 Å². The number of esters is 1. The lowest BCUT2D eigenvalue weighted by Crippen LogP contribution is -2.71. The minimum Gasteiger partial charge on any atom is -0.456 e. The van der Waals surface area contributed by atoms with E-state index in [4.69, 9.17) is 19.3 Å². The highest BCUT2D eigenvalue weighted by Gasteiger charge is 2.64. The molecule has 2 aromatic rings. The van der Waals surface area contributed by atoms with Crippen molar-refractivity contribution in [1.29, 1.82) is 0 Å². The highest BCUT2D eigenvalue weighted by atomic mass is 32.2. The van der Waals surface area contributed by atoms with E-state index in [2.05, 4.69) is 5.32 Å². The lowest BCUT2D eigenvalue weighted by Gasteiger charge is -2.44. The van der Waals surface area contributed by atoms with Crippen molar-refractivity contribution >= 4 is 29.5 Å². The van der Waals surface area contributed by atoms with Crippen molar-refractivity contribution < 1.29 is 28.0 Å². The topological polar surface area (TPSA) is 145 Å². The fraction of sp³-hybridized carbons (Fsp3) is 0.429. The Balaban J connectivity index is 1.42. The Morgan fingerprint density at radius 3 is 2.56 bits per heavy atom. The predicted octanol–water partition coefficient (Wildman–Crippen LogP) is 0.832. The number of benzene rings is 1. The number of carbonyl (C=O) groups excluding carboxylic acids is 3. The highest BCUT2D eigenvalue weighted by Crippen LogP contribution is 2.51. The molecule has 0 saturated carbocycles. The minimum absolute atomic E-state index is 0.110. The van der Waals surface area contributed by atoms with Crippen LogP contribution in [0.2, 0.25) is 0 Å². The number of amides is 2. The first-order valence-electron chi connectivity index (χ1n) is 9.97. The summed E-state index contributed by atoms with van der Waals surface area (Å²) in [6.45, 7) is 4.89. The predicted molar refractivity (Wildman–Crippen MR) is 113 cm³/mol. The van der Waals surface area contributed by atoms with Gasteiger partial charge in [-0.25, -0.2) is 9.59 Å². The van der Waals surface area contributed by atoms with Gasteiger partial charge < -0.3 is 29.5 Å². The number of carbonyl (C=O) groups is 3. The number of β-lactam (4-membered cyclic amide) rings is 1. The van der Waals surface area contributed by atoms with Gasteiger partial charge in [-0.2, -0.15) is 0 Å². The van der Waals surface area contributed by atoms with E-state index in [1.54, 1.807) is 24.3 Å². The molecule has 11 heteroatoms. The van der Waals surface area contributed by atoms with Crippen molar-refractivity contribution in [3.05, 3.63) is 58.0 Å². The molecule has 0 bridgehead atoms. The quantitative estimate of drug-likeness (QED) is 0.472. The van der Waals surface area contributed by atoms with Crippen LogP contribution in [-0.2, 0) is 25.7 Å². The number of fused-ring (bicyclic) bond motifs is 1. The van der Waals surface area contributed by atoms with Crippen LogP contribution in [0.3, 0.4) is 0 Å². The van der Waals surface area contributed by atoms with Gasteiger partial charge in [-0.1, -0.05) is 30.3 Å². The Labute approximate surface area is 187 Å². The van der Waals surface area contributed by atoms with Crippen molar-refractivity contribution in [1.82, 2.24) is 10.2 Å². The molecule has 3 heterocycles. The second kappa shape index (κ2) is 8.14. The summed E-state index contributed by atoms with van der Waals surface area (Å²) in [5.41, 5.74) is 6.66. The maximum Gasteiger partial charge on any atom is 0.519 e. The fourth-order valence-corrected chi connectivity index (χ4v) is 5.52. The van der Waals surface area contributed by atoms with Gasteiger partial charge in [-0.05, 0) is 26.3 Å². The molecule has 10 nitrogen and oxygen atoms in total. The van der Waals surface area contributed by atoms with Gasteiger partial charge in [-0.15, -0.1) is 11.8 Å². The van der Waals surface area contributed by atoms with Crippen LogP contribution in [0.4, 0.5) is 0 Å². The minimum atomic E-state index is -0.911. The summed E-state index contributed by atoms with van der Waals surface area (Å²) in [5.74, 6) is -2.03. The molecule has 4 atom stereocenters. The molecule has 4 rings (SSSR count). The van der Waals surface area contributed by atoms with Crippen molar-refractivity contribution in [2.45, 2.75) is 55.6 Å². The standard InChI is InChI=1S/C21H23N3O7S/c1-10-12(31-20(28)30-10)9-29-19(27)15-21(2,3)32-18-14(17(26)24(15)18)23-16(25)13(22)11-7-5-4-6-8-11/h4-8,13-15,18H,9,22H2,1-3H3,(H,23,25)/t13?,14-,15+,18-/m1/s1. The number of ether oxygens (including phenoxy) is 1. The molecule has 32 heavy (non-hydrogen) atoms. The average molecular weight is 461 g/mol. The zero-order valence-electron chi connectivity index (χ0n) is 17.7. The van der Waals surface area contributed by atoms with E-state index < -0.39 is 45.9 Å². The number of hydrogen-bond acceptors (Lipinski definition) is 9. The van der Waals surface area contributed by atoms with Gasteiger partial charge in [0.2, 0.25) is 11.8 Å². The normalized spacial score (nSPS) is 24.4. The average Bonchev–Trinajstić information content (AvgIpc) is 3.22. The van der Waals surface area contributed by atoms with Crippen LogP contribution < -0.4 is 16.9 Å². The lowest BCUT2D eigenvalue weighted by atomic mass is 9.95. The molecule has 0 aliphatic carbocycles. The van der Waals surface area contributed by atoms with Crippen molar-refractivity contribution in [3.63, 3.8) is 0 Å². The summed E-state index contributed by atoms with van der Waals surface area (Å²) in [5, 5.41) is 2.29. The number of nitrogens with one attached hydrogen (secondary N) is 1. The first kappa shape index (κ1) is 22.2. The molecule has 2 amide bonds. The second-order valence-corrected chi connectivity index (χ2v) is 9.95. The molecular formula is C21H23N3O7S. The van der Waals surface area contributed by atoms with E-state index in [0.717, 1.165) is 0 Å². The van der Waals surface area contributed by atoms with Crippen molar-refractivity contribution in [2.75, 3.05) is 0 Å². The fourth-order valence-electron chi connectivity index (χ4n) is 3.90. The Hall–Kier alpha value is -3.05. The highest BCUT2D eigenvalue weighted by molar-refractivity contribution is 8.01. The third-order valence-corrected chi connectivity index (χ3v) is 7.16. The third kappa shape index (κ3) is 3.82. The van der Waals surface area contributed by atoms with Crippen LogP contribution in [0.25, 0.3) is 0 Å². The van der Waals surface area contributed by atoms with Crippen LogP contribution in [-0.4, -0.2) is 44.9 Å². The molecular weight excluding hydrogens is 438 g/mol. The number of nitrogens with zero attached hydrogens (tertiary/aromatic N) is 1. The van der Waals surface area contributed by atoms with Gasteiger partial charge in [-0.3, -0.25) is 9.59 Å². The van der Waals surface area contributed by atoms with Crippen molar-refractivity contribution in [2.24, 2.45) is 5.73 Å². The van der Waals surface area contributed by atoms with Gasteiger partial charge in [0, 0.05) is 4.75 Å². The van der Waals surface area contributed by atoms with Gasteiger partial charge in [0.1, 0.15) is 23.5 Å². The summed E-state index contributed by atoms with van der Waals surface area (Å²) in [4.78, 5) is 50.8. The van der Waals surface area contributed by atoms with E-state index in [1.165, 1.54) is 23.6 Å². The number of nitrogens with two attached hydrogens (primary N) is 1. The van der Waals surface area contributed by atoms with Gasteiger partial charge in [0.25, 0.3) is 0 Å². The first-order valence-corrected chi connectivity index (χ1v) is 10.8. The maximum atomic E-state index is 12.8. The SMILES string of the molecule is Cc1oc(=O)oc1COC(=O)[C@@H]1N2C(=O)[C@@H](NC(=O)C(N)c3ccccc3)[C@H]2SC1(C)C. The van der Waals surface area contributed by atoms with Gasteiger partial charge in [0.05, 0.1) is 0 Å². The summed E-state index contributed by atoms with van der Waals surface area (Å²) >= 11 is 1.40. The molecule has 2 saturated heterocycles. The molecule has 1 aromatic carbocycles. The lowest BCUT2D eigenvalue weighted by molar-refractivity contribution is -0.165. The molecule has 0 spiro atoms. The van der Waals surface area contributed by atoms with E-state index >= 15 is 0 Å². The van der Waals surface area contributed by atoms with Crippen LogP contribution in [0.1, 0.15) is 37.0 Å². The molecule has 2 aliphatic heterocycles. The molecule has 2 fully saturated rings. The summed E-state index contributed by atoms with van der Waals surface area (Å²) in [7, 11) is 0. The Morgan fingerprint density at radius 1 is 1.25 bits per heavy atom. The number of hydrogen-bond donors (Lipinski definition) is 2. The number of aryl methyl sites for hydroxylation is 1. The van der Waals surface area contributed by atoms with E-state index in [0.29, 0.717) is 5.56 Å². The largest absolute Gasteiger partial charge is 0.519 e. The molecule has 1 unspecified atom stereocenters. The smallest absolute Gasteiger partial charge is 0.456 e. The molecule has 2 aliphatic rings. The molecule has 1 aromatic heterocycles. The second-order valence-electron chi connectivity index (χ2n) is 8.18. The van der Waals surface area contributed by atoms with E-state index in [1.807, 2.05) is 19.9 Å². The van der Waals surface area contributed by atoms with Crippen LogP contribution in [0.15, 0.2) is 44.0 Å². The number of thioether (sulfide) groups is 1. The summed E-state index contributed by atoms with van der Waals surface area (Å²) in [6, 6.07) is 6.30. The Kier molecular flexibility index (Phi) is 5.63. The van der Waals surface area contributed by atoms with Gasteiger partial charge >= 0.3 is 11.8 Å². The third-order valence-electron chi connectivity index (χ3n) is 5.58. The summed E-state index contributed by atoms with van der Waals surface area (Å²) in [6.07, 6.45) is 0. The maximum absolute atomic E-state index is 12.8.